The molecule has 1 aromatic heterocycles. The molecule has 0 saturated heterocycles. The van der Waals surface area contributed by atoms with E-state index in [2.05, 4.69) is 9.72 Å². The lowest BCUT2D eigenvalue weighted by Crippen LogP contribution is -1.92. The van der Waals surface area contributed by atoms with Gasteiger partial charge >= 0.3 is 6.47 Å². The number of ether oxygens (including phenoxy) is 1. The normalized spacial score (nSPS) is 15.4. The molecule has 0 spiro atoms. The molecule has 0 amide bonds. The summed E-state index contributed by atoms with van der Waals surface area (Å²) in [5.74, 6) is 0.688. The van der Waals surface area contributed by atoms with E-state index in [4.69, 9.17) is 0 Å². The fourth-order valence-corrected chi connectivity index (χ4v) is 1.34. The molecule has 1 heterocycles. The first-order valence-electron chi connectivity index (χ1n) is 4.33. The lowest BCUT2D eigenvalue weighted by molar-refractivity contribution is 0.266. The summed E-state index contributed by atoms with van der Waals surface area (Å²) in [7, 11) is 0. The number of carbonyl (C=O) groups excluding carboxylic acids is 1. The standard InChI is InChI=1S/C10H10NO2/c12-7-13-6-8-3-10(5-11-4-8)9-1-2-9/h3-5,9H,1-2,6H2. The maximum absolute atomic E-state index is 9.84. The van der Waals surface area contributed by atoms with Crippen molar-refractivity contribution in [2.24, 2.45) is 0 Å². The van der Waals surface area contributed by atoms with Crippen molar-refractivity contribution in [3.05, 3.63) is 29.6 Å². The second-order valence-corrected chi connectivity index (χ2v) is 3.27. The minimum atomic E-state index is 0.275. The van der Waals surface area contributed by atoms with Crippen molar-refractivity contribution >= 4 is 6.47 Å². The third kappa shape index (κ3) is 2.05. The molecule has 13 heavy (non-hydrogen) atoms. The molecular formula is C10H10NO2. The van der Waals surface area contributed by atoms with Gasteiger partial charge in [-0.1, -0.05) is 0 Å². The number of nitrogens with zero attached hydrogens (tertiary/aromatic N) is 1. The molecule has 1 aliphatic rings. The van der Waals surface area contributed by atoms with Crippen LogP contribution in [0, 0.1) is 0 Å². The summed E-state index contributed by atoms with van der Waals surface area (Å²) in [4.78, 5) is 13.9. The Morgan fingerprint density at radius 2 is 2.38 bits per heavy atom. The fourth-order valence-electron chi connectivity index (χ4n) is 1.34. The molecule has 1 saturated carbocycles. The lowest BCUT2D eigenvalue weighted by atomic mass is 10.1. The van der Waals surface area contributed by atoms with Gasteiger partial charge in [-0.25, -0.2) is 4.79 Å². The Hall–Kier alpha value is -1.38. The van der Waals surface area contributed by atoms with Crippen molar-refractivity contribution in [3.8, 4) is 0 Å². The van der Waals surface area contributed by atoms with Crippen LogP contribution in [0.3, 0.4) is 0 Å². The average Bonchev–Trinajstić information content (AvgIpc) is 2.98. The molecule has 2 rings (SSSR count). The van der Waals surface area contributed by atoms with Gasteiger partial charge in [0.1, 0.15) is 6.61 Å². The average molecular weight is 176 g/mol. The lowest BCUT2D eigenvalue weighted by Gasteiger charge is -2.01. The Morgan fingerprint density at radius 3 is 3.08 bits per heavy atom. The predicted octanol–water partition coefficient (Wildman–Crippen LogP) is 1.54. The van der Waals surface area contributed by atoms with E-state index in [1.165, 1.54) is 24.9 Å². The number of hydrogen-bond acceptors (Lipinski definition) is 3. The summed E-state index contributed by atoms with van der Waals surface area (Å²) < 4.78 is 4.53. The Kier molecular flexibility index (Phi) is 2.25. The zero-order valence-corrected chi connectivity index (χ0v) is 7.19. The molecule has 1 radical (unpaired) electrons. The van der Waals surface area contributed by atoms with Crippen molar-refractivity contribution in [2.45, 2.75) is 25.4 Å². The second kappa shape index (κ2) is 3.56. The van der Waals surface area contributed by atoms with E-state index in [9.17, 15) is 4.79 Å². The first-order valence-corrected chi connectivity index (χ1v) is 4.33. The molecule has 67 valence electrons. The van der Waals surface area contributed by atoms with Crippen LogP contribution in [-0.4, -0.2) is 11.5 Å². The Bertz CT molecular complexity index is 308. The zero-order valence-electron chi connectivity index (χ0n) is 7.19. The second-order valence-electron chi connectivity index (χ2n) is 3.27. The van der Waals surface area contributed by atoms with Crippen molar-refractivity contribution in [3.63, 3.8) is 0 Å². The minimum absolute atomic E-state index is 0.275. The van der Waals surface area contributed by atoms with E-state index < -0.39 is 0 Å². The molecule has 0 atom stereocenters. The number of aromatic nitrogens is 1. The van der Waals surface area contributed by atoms with Gasteiger partial charge < -0.3 is 4.74 Å². The van der Waals surface area contributed by atoms with Gasteiger partial charge in [0.25, 0.3) is 0 Å². The molecule has 0 N–H and O–H groups in total. The highest BCUT2D eigenvalue weighted by molar-refractivity contribution is 5.38. The van der Waals surface area contributed by atoms with Gasteiger partial charge in [-0.2, -0.15) is 0 Å². The van der Waals surface area contributed by atoms with Gasteiger partial charge in [0.15, 0.2) is 0 Å². The Labute approximate surface area is 76.7 Å². The molecule has 0 aromatic carbocycles. The van der Waals surface area contributed by atoms with Crippen molar-refractivity contribution < 1.29 is 9.53 Å². The molecule has 0 bridgehead atoms. The largest absolute Gasteiger partial charge is 0.452 e. The van der Waals surface area contributed by atoms with Crippen LogP contribution in [0.5, 0.6) is 0 Å². The molecule has 3 heteroatoms. The van der Waals surface area contributed by atoms with Gasteiger partial charge in [-0.3, -0.25) is 4.98 Å². The number of pyridine rings is 1. The molecule has 1 fully saturated rings. The van der Waals surface area contributed by atoms with E-state index in [1.54, 1.807) is 6.20 Å². The van der Waals surface area contributed by atoms with Gasteiger partial charge in [-0.05, 0) is 30.4 Å². The van der Waals surface area contributed by atoms with Crippen molar-refractivity contribution in [1.82, 2.24) is 4.98 Å². The van der Waals surface area contributed by atoms with Crippen LogP contribution < -0.4 is 0 Å². The first-order chi connectivity index (χ1) is 6.40. The van der Waals surface area contributed by atoms with Gasteiger partial charge in [0.05, 0.1) is 0 Å². The SMILES string of the molecule is O=[C]OCc1cncc(C2CC2)c1. The summed E-state index contributed by atoms with van der Waals surface area (Å²) in [6, 6.07) is 2.04. The summed E-state index contributed by atoms with van der Waals surface area (Å²) in [6.45, 7) is 1.68. The van der Waals surface area contributed by atoms with Gasteiger partial charge in [0, 0.05) is 18.0 Å². The van der Waals surface area contributed by atoms with Crippen LogP contribution in [0.2, 0.25) is 0 Å². The third-order valence-corrected chi connectivity index (χ3v) is 2.16. The molecule has 0 unspecified atom stereocenters. The molecule has 1 aromatic rings. The highest BCUT2D eigenvalue weighted by Gasteiger charge is 2.23. The first kappa shape index (κ1) is 8.23. The van der Waals surface area contributed by atoms with E-state index >= 15 is 0 Å². The third-order valence-electron chi connectivity index (χ3n) is 2.16. The van der Waals surface area contributed by atoms with Gasteiger partial charge in [-0.15, -0.1) is 0 Å². The number of rotatable bonds is 4. The molecule has 0 aliphatic heterocycles. The van der Waals surface area contributed by atoms with E-state index in [0.717, 1.165) is 5.56 Å². The highest BCUT2D eigenvalue weighted by Crippen LogP contribution is 2.39. The highest BCUT2D eigenvalue weighted by atomic mass is 16.5. The summed E-state index contributed by atoms with van der Waals surface area (Å²) >= 11 is 0. The topological polar surface area (TPSA) is 39.2 Å². The maximum atomic E-state index is 9.84. The molecular weight excluding hydrogens is 166 g/mol. The summed E-state index contributed by atoms with van der Waals surface area (Å²) in [6.07, 6.45) is 6.10. The smallest absolute Gasteiger partial charge is 0.417 e. The van der Waals surface area contributed by atoms with Crippen molar-refractivity contribution in [2.75, 3.05) is 0 Å². The maximum Gasteiger partial charge on any atom is 0.417 e. The number of hydrogen-bond donors (Lipinski definition) is 0. The van der Waals surface area contributed by atoms with E-state index in [1.807, 2.05) is 12.3 Å². The van der Waals surface area contributed by atoms with Crippen LogP contribution >= 0.6 is 0 Å². The zero-order chi connectivity index (χ0) is 9.10. The fraction of sp³-hybridized carbons (Fsp3) is 0.400. The molecule has 3 nitrogen and oxygen atoms in total. The van der Waals surface area contributed by atoms with Crippen LogP contribution in [0.1, 0.15) is 29.9 Å². The molecule has 1 aliphatic carbocycles. The van der Waals surface area contributed by atoms with Crippen molar-refractivity contribution in [1.29, 1.82) is 0 Å². The van der Waals surface area contributed by atoms with Gasteiger partial charge in [0.2, 0.25) is 0 Å². The van der Waals surface area contributed by atoms with Crippen LogP contribution in [0.15, 0.2) is 18.5 Å². The van der Waals surface area contributed by atoms with E-state index in [0.29, 0.717) is 5.92 Å². The van der Waals surface area contributed by atoms with Crippen LogP contribution in [-0.2, 0) is 16.1 Å². The minimum Gasteiger partial charge on any atom is -0.452 e. The van der Waals surface area contributed by atoms with Crippen LogP contribution in [0.4, 0.5) is 0 Å². The summed E-state index contributed by atoms with van der Waals surface area (Å²) in [5, 5.41) is 0. The van der Waals surface area contributed by atoms with Crippen LogP contribution in [0.25, 0.3) is 0 Å². The Balaban J connectivity index is 2.07. The summed E-state index contributed by atoms with van der Waals surface area (Å²) in [5.41, 5.74) is 2.19. The monoisotopic (exact) mass is 176 g/mol. The quantitative estimate of drug-likeness (QED) is 0.698. The van der Waals surface area contributed by atoms with E-state index in [-0.39, 0.29) is 6.61 Å². The Morgan fingerprint density at radius 1 is 1.54 bits per heavy atom. The predicted molar refractivity (Wildman–Crippen MR) is 46.7 cm³/mol.